The lowest BCUT2D eigenvalue weighted by Gasteiger charge is -2.10. The molecule has 2 rings (SSSR count). The molecule has 0 amide bonds. The molecule has 0 bridgehead atoms. The van der Waals surface area contributed by atoms with Crippen molar-refractivity contribution in [2.45, 2.75) is 11.8 Å². The molecule has 0 saturated heterocycles. The molecule has 3 N–H and O–H groups in total. The van der Waals surface area contributed by atoms with Crippen molar-refractivity contribution in [3.05, 3.63) is 46.6 Å². The smallest absolute Gasteiger partial charge is 0.263 e. The third-order valence-corrected chi connectivity index (χ3v) is 4.34. The van der Waals surface area contributed by atoms with E-state index in [0.717, 1.165) is 4.47 Å². The van der Waals surface area contributed by atoms with E-state index in [1.807, 2.05) is 0 Å². The second-order valence-corrected chi connectivity index (χ2v) is 6.59. The summed E-state index contributed by atoms with van der Waals surface area (Å²) < 4.78 is 27.6. The Kier molecular flexibility index (Phi) is 3.77. The molecule has 0 aliphatic carbocycles. The summed E-state index contributed by atoms with van der Waals surface area (Å²) >= 11 is 3.26. The summed E-state index contributed by atoms with van der Waals surface area (Å²) in [6, 6.07) is 8.01. The van der Waals surface area contributed by atoms with Crippen LogP contribution in [-0.4, -0.2) is 13.4 Å². The Morgan fingerprint density at radius 1 is 1.26 bits per heavy atom. The van der Waals surface area contributed by atoms with Gasteiger partial charge in [-0.05, 0) is 42.8 Å². The van der Waals surface area contributed by atoms with Crippen molar-refractivity contribution in [2.75, 3.05) is 10.5 Å². The molecule has 1 aromatic heterocycles. The van der Waals surface area contributed by atoms with E-state index in [0.29, 0.717) is 11.3 Å². The van der Waals surface area contributed by atoms with Gasteiger partial charge in [-0.3, -0.25) is 4.72 Å². The second kappa shape index (κ2) is 5.18. The number of aromatic nitrogens is 1. The molecular weight excluding hydrogens is 330 g/mol. The number of sulfonamides is 1. The number of hydrogen-bond donors (Lipinski definition) is 2. The van der Waals surface area contributed by atoms with Gasteiger partial charge in [0.05, 0.1) is 16.8 Å². The normalized spacial score (nSPS) is 11.3. The number of nitrogens with zero attached hydrogens (tertiary/aromatic N) is 1. The van der Waals surface area contributed by atoms with E-state index in [2.05, 4.69) is 25.6 Å². The van der Waals surface area contributed by atoms with Crippen molar-refractivity contribution in [1.29, 1.82) is 0 Å². The van der Waals surface area contributed by atoms with Gasteiger partial charge in [0.25, 0.3) is 10.0 Å². The molecule has 1 aromatic carbocycles. The third kappa shape index (κ3) is 3.24. The fourth-order valence-corrected chi connectivity index (χ4v) is 2.85. The fraction of sp³-hybridized carbons (Fsp3) is 0.0833. The molecule has 0 fully saturated rings. The van der Waals surface area contributed by atoms with Crippen LogP contribution in [0.5, 0.6) is 0 Å². The van der Waals surface area contributed by atoms with Crippen molar-refractivity contribution in [1.82, 2.24) is 4.98 Å². The summed E-state index contributed by atoms with van der Waals surface area (Å²) in [5.74, 6) is 0.275. The van der Waals surface area contributed by atoms with Gasteiger partial charge < -0.3 is 5.73 Å². The maximum atomic E-state index is 12.2. The van der Waals surface area contributed by atoms with Crippen LogP contribution < -0.4 is 10.5 Å². The molecule has 0 spiro atoms. The average Bonchev–Trinajstić information content (AvgIpc) is 2.33. The monoisotopic (exact) mass is 341 g/mol. The number of nitrogen functional groups attached to an aromatic ring is 1. The first-order valence-corrected chi connectivity index (χ1v) is 7.66. The molecule has 100 valence electrons. The number of hydrogen-bond acceptors (Lipinski definition) is 4. The van der Waals surface area contributed by atoms with Gasteiger partial charge in [-0.25, -0.2) is 13.4 Å². The number of anilines is 2. The number of benzene rings is 1. The number of nitrogens with one attached hydrogen (secondary N) is 1. The maximum absolute atomic E-state index is 12.2. The molecule has 0 atom stereocenters. The molecule has 0 aliphatic rings. The lowest BCUT2D eigenvalue weighted by molar-refractivity contribution is 0.601. The SMILES string of the molecule is Cc1cc(N)cnc1NS(=O)(=O)c1ccc(Br)cc1. The average molecular weight is 342 g/mol. The van der Waals surface area contributed by atoms with Gasteiger partial charge in [0.2, 0.25) is 0 Å². The Bertz CT molecular complexity index is 699. The van der Waals surface area contributed by atoms with E-state index < -0.39 is 10.0 Å². The van der Waals surface area contributed by atoms with Crippen LogP contribution in [0.25, 0.3) is 0 Å². The topological polar surface area (TPSA) is 85.1 Å². The van der Waals surface area contributed by atoms with Crippen molar-refractivity contribution < 1.29 is 8.42 Å². The molecule has 0 saturated carbocycles. The van der Waals surface area contributed by atoms with Gasteiger partial charge in [-0.1, -0.05) is 15.9 Å². The summed E-state index contributed by atoms with van der Waals surface area (Å²) in [5.41, 5.74) is 6.73. The predicted molar refractivity (Wildman–Crippen MR) is 78.3 cm³/mol. The first-order chi connectivity index (χ1) is 8.88. The lowest BCUT2D eigenvalue weighted by Crippen LogP contribution is -2.14. The van der Waals surface area contributed by atoms with Crippen LogP contribution in [0.4, 0.5) is 11.5 Å². The van der Waals surface area contributed by atoms with Gasteiger partial charge in [0.15, 0.2) is 0 Å². The number of rotatable bonds is 3. The van der Waals surface area contributed by atoms with Crippen molar-refractivity contribution in [3.8, 4) is 0 Å². The number of halogens is 1. The first kappa shape index (κ1) is 13.8. The summed E-state index contributed by atoms with van der Waals surface area (Å²) in [7, 11) is -3.64. The standard InChI is InChI=1S/C12H12BrN3O2S/c1-8-6-10(14)7-15-12(8)16-19(17,18)11-4-2-9(13)3-5-11/h2-7H,14H2,1H3,(H,15,16). The van der Waals surface area contributed by atoms with Crippen molar-refractivity contribution in [2.24, 2.45) is 0 Å². The van der Waals surface area contributed by atoms with Crippen molar-refractivity contribution >= 4 is 37.5 Å². The van der Waals surface area contributed by atoms with Gasteiger partial charge in [0.1, 0.15) is 5.82 Å². The number of nitrogens with two attached hydrogens (primary N) is 1. The van der Waals surface area contributed by atoms with Gasteiger partial charge in [0, 0.05) is 4.47 Å². The Morgan fingerprint density at radius 3 is 2.47 bits per heavy atom. The van der Waals surface area contributed by atoms with Crippen LogP contribution in [0.15, 0.2) is 45.9 Å². The Balaban J connectivity index is 2.33. The van der Waals surface area contributed by atoms with Crippen LogP contribution in [-0.2, 0) is 10.0 Å². The quantitative estimate of drug-likeness (QED) is 0.898. The van der Waals surface area contributed by atoms with E-state index in [4.69, 9.17) is 5.73 Å². The molecule has 5 nitrogen and oxygen atoms in total. The summed E-state index contributed by atoms with van der Waals surface area (Å²) in [5, 5.41) is 0. The zero-order valence-electron chi connectivity index (χ0n) is 10.1. The number of aryl methyl sites for hydroxylation is 1. The maximum Gasteiger partial charge on any atom is 0.263 e. The summed E-state index contributed by atoms with van der Waals surface area (Å²) in [6.45, 7) is 1.74. The van der Waals surface area contributed by atoms with Gasteiger partial charge in [-0.15, -0.1) is 0 Å². The Morgan fingerprint density at radius 2 is 1.89 bits per heavy atom. The molecule has 0 aliphatic heterocycles. The first-order valence-electron chi connectivity index (χ1n) is 5.39. The molecule has 0 unspecified atom stereocenters. The Labute approximate surface area is 120 Å². The highest BCUT2D eigenvalue weighted by molar-refractivity contribution is 9.10. The van der Waals surface area contributed by atoms with Gasteiger partial charge >= 0.3 is 0 Å². The number of pyridine rings is 1. The predicted octanol–water partition coefficient (Wildman–Crippen LogP) is 2.54. The highest BCUT2D eigenvalue weighted by atomic mass is 79.9. The minimum absolute atomic E-state index is 0.175. The highest BCUT2D eigenvalue weighted by Gasteiger charge is 2.15. The minimum Gasteiger partial charge on any atom is -0.397 e. The summed E-state index contributed by atoms with van der Waals surface area (Å²) in [6.07, 6.45) is 1.41. The van der Waals surface area contributed by atoms with Crippen molar-refractivity contribution in [3.63, 3.8) is 0 Å². The van der Waals surface area contributed by atoms with Crippen LogP contribution >= 0.6 is 15.9 Å². The lowest BCUT2D eigenvalue weighted by atomic mass is 10.3. The molecule has 2 aromatic rings. The van der Waals surface area contributed by atoms with Crippen LogP contribution in [0, 0.1) is 6.92 Å². The molecule has 19 heavy (non-hydrogen) atoms. The minimum atomic E-state index is -3.64. The van der Waals surface area contributed by atoms with Crippen LogP contribution in [0.3, 0.4) is 0 Å². The van der Waals surface area contributed by atoms with Crippen LogP contribution in [0.2, 0.25) is 0 Å². The summed E-state index contributed by atoms with van der Waals surface area (Å²) in [4.78, 5) is 4.16. The third-order valence-electron chi connectivity index (χ3n) is 2.45. The zero-order chi connectivity index (χ0) is 14.0. The van der Waals surface area contributed by atoms with E-state index in [9.17, 15) is 8.42 Å². The Hall–Kier alpha value is -1.60. The molecular formula is C12H12BrN3O2S. The van der Waals surface area contributed by atoms with E-state index in [1.54, 1.807) is 25.1 Å². The van der Waals surface area contributed by atoms with Gasteiger partial charge in [-0.2, -0.15) is 0 Å². The highest BCUT2D eigenvalue weighted by Crippen LogP contribution is 2.20. The second-order valence-electron chi connectivity index (χ2n) is 3.99. The van der Waals surface area contributed by atoms with E-state index in [-0.39, 0.29) is 10.7 Å². The molecule has 1 heterocycles. The van der Waals surface area contributed by atoms with E-state index in [1.165, 1.54) is 18.3 Å². The van der Waals surface area contributed by atoms with Crippen LogP contribution in [0.1, 0.15) is 5.56 Å². The zero-order valence-corrected chi connectivity index (χ0v) is 12.5. The largest absolute Gasteiger partial charge is 0.397 e. The molecule has 0 radical (unpaired) electrons. The fourth-order valence-electron chi connectivity index (χ4n) is 1.50. The van der Waals surface area contributed by atoms with E-state index >= 15 is 0 Å². The molecule has 7 heteroatoms.